The van der Waals surface area contributed by atoms with Crippen LogP contribution in [0.15, 0.2) is 48.5 Å². The van der Waals surface area contributed by atoms with Crippen LogP contribution in [0.1, 0.15) is 53.0 Å². The molecule has 0 atom stereocenters. The monoisotopic (exact) mass is 635 g/mol. The molecule has 1 heterocycles. The Labute approximate surface area is 259 Å². The minimum Gasteiger partial charge on any atom is -0.454 e. The highest BCUT2D eigenvalue weighted by Crippen LogP contribution is 2.48. The minimum absolute atomic E-state index is 0.0154. The van der Waals surface area contributed by atoms with Gasteiger partial charge in [-0.05, 0) is 81.0 Å². The first-order valence-electron chi connectivity index (χ1n) is 14.1. The number of carbonyl (C=O) groups is 1. The molecule has 1 aliphatic rings. The van der Waals surface area contributed by atoms with Gasteiger partial charge in [-0.15, -0.1) is 0 Å². The maximum atomic E-state index is 12.9. The fourth-order valence-corrected chi connectivity index (χ4v) is 4.23. The smallest absolute Gasteiger partial charge is 0.422 e. The van der Waals surface area contributed by atoms with E-state index in [2.05, 4.69) is 36.2 Å². The van der Waals surface area contributed by atoms with Crippen LogP contribution in [0.3, 0.4) is 0 Å². The average Bonchev–Trinajstić information content (AvgIpc) is 3.70. The molecule has 0 aliphatic heterocycles. The molecule has 1 fully saturated rings. The highest BCUT2D eigenvalue weighted by Gasteiger charge is 2.45. The van der Waals surface area contributed by atoms with E-state index in [9.17, 15) is 18.0 Å². The van der Waals surface area contributed by atoms with Crippen LogP contribution in [0.2, 0.25) is 5.02 Å². The highest BCUT2D eigenvalue weighted by atomic mass is 35.5. The molecule has 4 rings (SSSR count). The first-order valence-corrected chi connectivity index (χ1v) is 14.4. The van der Waals surface area contributed by atoms with Gasteiger partial charge in [0.25, 0.3) is 0 Å². The lowest BCUT2D eigenvalue weighted by atomic mass is 9.93. The Kier molecular flexibility index (Phi) is 9.67. The van der Waals surface area contributed by atoms with Crippen LogP contribution < -0.4 is 26.0 Å². The number of halogens is 4. The molecule has 10 nitrogen and oxygen atoms in total. The van der Waals surface area contributed by atoms with Gasteiger partial charge in [-0.2, -0.15) is 28.1 Å². The van der Waals surface area contributed by atoms with E-state index in [0.717, 1.165) is 24.1 Å². The summed E-state index contributed by atoms with van der Waals surface area (Å²) in [5, 5.41) is 13.0. The number of nitrogens with one attached hydrogen (secondary N) is 4. The fourth-order valence-electron chi connectivity index (χ4n) is 4.10. The molecule has 0 saturated heterocycles. The average molecular weight is 636 g/mol. The molecule has 2 aromatic carbocycles. The van der Waals surface area contributed by atoms with Gasteiger partial charge in [0.2, 0.25) is 11.9 Å². The van der Waals surface area contributed by atoms with Crippen molar-refractivity contribution in [1.82, 2.24) is 20.3 Å². The molecule has 4 N–H and O–H groups in total. The third kappa shape index (κ3) is 10.3. The predicted molar refractivity (Wildman–Crippen MR) is 164 cm³/mol. The first kappa shape index (κ1) is 32.9. The third-order valence-corrected chi connectivity index (χ3v) is 6.75. The lowest BCUT2D eigenvalue weighted by Crippen LogP contribution is -2.40. The van der Waals surface area contributed by atoms with E-state index >= 15 is 0 Å². The van der Waals surface area contributed by atoms with Crippen LogP contribution in [0.25, 0.3) is 0 Å². The third-order valence-electron chi connectivity index (χ3n) is 6.50. The number of nitrogens with zero attached hydrogens (tertiary/aromatic N) is 3. The number of aromatic nitrogens is 3. The van der Waals surface area contributed by atoms with Crippen LogP contribution in [0.5, 0.6) is 6.01 Å². The maximum absolute atomic E-state index is 12.9. The molecule has 0 spiro atoms. The number of carbonyl (C=O) groups excluding carboxylic acids is 1. The van der Waals surface area contributed by atoms with E-state index in [4.69, 9.17) is 21.1 Å². The van der Waals surface area contributed by atoms with Gasteiger partial charge in [0.1, 0.15) is 5.60 Å². The van der Waals surface area contributed by atoms with Crippen LogP contribution in [-0.4, -0.2) is 52.5 Å². The summed E-state index contributed by atoms with van der Waals surface area (Å²) < 4.78 is 48.8. The van der Waals surface area contributed by atoms with Crippen molar-refractivity contribution in [3.05, 3.63) is 59.1 Å². The molecule has 1 aliphatic carbocycles. The van der Waals surface area contributed by atoms with Gasteiger partial charge in [-0.3, -0.25) is 0 Å². The van der Waals surface area contributed by atoms with E-state index in [1.807, 2.05) is 38.1 Å². The number of ether oxygens (including phenoxy) is 2. The summed E-state index contributed by atoms with van der Waals surface area (Å²) in [5.74, 6) is 0.0919. The van der Waals surface area contributed by atoms with Gasteiger partial charge in [0, 0.05) is 29.5 Å². The second kappa shape index (κ2) is 12.9. The number of alkyl halides is 3. The zero-order chi connectivity index (χ0) is 32.2. The molecule has 0 unspecified atom stereocenters. The summed E-state index contributed by atoms with van der Waals surface area (Å²) >= 11 is 6.03. The normalized spacial score (nSPS) is 14.4. The molecule has 0 radical (unpaired) electrons. The Bertz CT molecular complexity index is 1430. The van der Waals surface area contributed by atoms with Crippen LogP contribution >= 0.6 is 11.6 Å². The molecule has 1 saturated carbocycles. The second-order valence-corrected chi connectivity index (χ2v) is 12.9. The second-order valence-electron chi connectivity index (χ2n) is 12.5. The highest BCUT2D eigenvalue weighted by molar-refractivity contribution is 6.30. The van der Waals surface area contributed by atoms with Crippen molar-refractivity contribution in [2.45, 2.75) is 64.8 Å². The number of anilines is 4. The Morgan fingerprint density at radius 3 is 2.09 bits per heavy atom. The van der Waals surface area contributed by atoms with Crippen molar-refractivity contribution < 1.29 is 27.4 Å². The molecule has 44 heavy (non-hydrogen) atoms. The first-order chi connectivity index (χ1) is 20.5. The topological polar surface area (TPSA) is 122 Å². The molecule has 3 aromatic rings. The molecule has 1 amide bonds. The number of alkyl carbamates (subject to hydrolysis) is 1. The quantitative estimate of drug-likeness (QED) is 0.163. The molecule has 0 bridgehead atoms. The summed E-state index contributed by atoms with van der Waals surface area (Å²) in [4.78, 5) is 24.5. The van der Waals surface area contributed by atoms with Crippen molar-refractivity contribution >= 4 is 41.0 Å². The largest absolute Gasteiger partial charge is 0.454 e. The molecule has 14 heteroatoms. The molecule has 1 aromatic heterocycles. The van der Waals surface area contributed by atoms with E-state index < -0.39 is 36.0 Å². The van der Waals surface area contributed by atoms with E-state index in [0.29, 0.717) is 23.8 Å². The van der Waals surface area contributed by atoms with Crippen molar-refractivity contribution in [2.75, 3.05) is 35.6 Å². The Balaban J connectivity index is 1.41. The summed E-state index contributed by atoms with van der Waals surface area (Å²) in [5.41, 5.74) is 1.07. The number of benzene rings is 2. The predicted octanol–water partition coefficient (Wildman–Crippen LogP) is 7.27. The summed E-state index contributed by atoms with van der Waals surface area (Å²) in [6, 6.07) is 14.1. The molecular formula is C30H37ClF3N7O3. The van der Waals surface area contributed by atoms with E-state index in [-0.39, 0.29) is 17.3 Å². The van der Waals surface area contributed by atoms with Crippen LogP contribution in [0, 0.1) is 5.41 Å². The van der Waals surface area contributed by atoms with E-state index in [1.165, 1.54) is 0 Å². The van der Waals surface area contributed by atoms with Crippen LogP contribution in [-0.2, 0) is 10.3 Å². The Morgan fingerprint density at radius 1 is 0.886 bits per heavy atom. The van der Waals surface area contributed by atoms with Gasteiger partial charge < -0.3 is 30.7 Å². The van der Waals surface area contributed by atoms with Gasteiger partial charge >= 0.3 is 18.3 Å². The van der Waals surface area contributed by atoms with Gasteiger partial charge in [0.15, 0.2) is 6.61 Å². The number of rotatable bonds is 12. The lowest BCUT2D eigenvalue weighted by Gasteiger charge is -2.27. The summed E-state index contributed by atoms with van der Waals surface area (Å²) in [6.45, 7) is 8.87. The zero-order valence-corrected chi connectivity index (χ0v) is 26.0. The van der Waals surface area contributed by atoms with Gasteiger partial charge in [0.05, 0.1) is 5.54 Å². The number of hydrogen-bond donors (Lipinski definition) is 4. The fraction of sp³-hybridized carbons (Fsp3) is 0.467. The Morgan fingerprint density at radius 2 is 1.50 bits per heavy atom. The van der Waals surface area contributed by atoms with Gasteiger partial charge in [-0.1, -0.05) is 37.6 Å². The summed E-state index contributed by atoms with van der Waals surface area (Å²) in [6.07, 6.45) is -3.46. The Hall–Kier alpha value is -4.00. The zero-order valence-electron chi connectivity index (χ0n) is 25.2. The maximum Gasteiger partial charge on any atom is 0.422 e. The molecular weight excluding hydrogens is 599 g/mol. The number of amides is 1. The van der Waals surface area contributed by atoms with Crippen LogP contribution in [0.4, 0.5) is 41.2 Å². The lowest BCUT2D eigenvalue weighted by molar-refractivity contribution is -0.154. The van der Waals surface area contributed by atoms with Crippen molar-refractivity contribution in [2.24, 2.45) is 5.41 Å². The summed E-state index contributed by atoms with van der Waals surface area (Å²) in [7, 11) is 0. The SMILES string of the molecule is CC(C)(CNC(=O)OC(C)(C)C)CNc1ccc(Nc2nc(NC3(c4ccc(Cl)cc4)CC3)nc(OCC(F)(F)F)n2)cc1. The van der Waals surface area contributed by atoms with E-state index in [1.54, 1.807) is 45.0 Å². The minimum atomic E-state index is -4.56. The van der Waals surface area contributed by atoms with Gasteiger partial charge in [-0.25, -0.2) is 4.79 Å². The van der Waals surface area contributed by atoms with Crippen molar-refractivity contribution in [1.29, 1.82) is 0 Å². The van der Waals surface area contributed by atoms with Crippen molar-refractivity contribution in [3.8, 4) is 6.01 Å². The molecule has 238 valence electrons. The standard InChI is InChI=1S/C30H37ClF3N7O3/c1-27(2,3)44-26(42)36-17-28(4,5)16-35-21-10-12-22(13-11-21)37-23-38-24(40-25(39-23)43-18-30(32,33)34)41-29(14-15-29)19-6-8-20(31)9-7-19/h6-13,35H,14-18H2,1-5H3,(H,36,42)(H2,37,38,39,40,41). The number of hydrogen-bond acceptors (Lipinski definition) is 9. The van der Waals surface area contributed by atoms with Crippen molar-refractivity contribution in [3.63, 3.8) is 0 Å².